The summed E-state index contributed by atoms with van der Waals surface area (Å²) in [6.45, 7) is 5.32. The fourth-order valence-electron chi connectivity index (χ4n) is 3.59. The van der Waals surface area contributed by atoms with Crippen LogP contribution in [0.1, 0.15) is 27.6 Å². The van der Waals surface area contributed by atoms with Crippen molar-refractivity contribution in [2.75, 3.05) is 17.6 Å². The van der Waals surface area contributed by atoms with E-state index in [0.717, 1.165) is 40.4 Å². The van der Waals surface area contributed by atoms with Gasteiger partial charge >= 0.3 is 6.03 Å². The molecule has 30 heavy (non-hydrogen) atoms. The molecule has 1 atom stereocenters. The lowest BCUT2D eigenvalue weighted by atomic mass is 10.1. The molecule has 1 saturated heterocycles. The Bertz CT molecular complexity index is 1020. The van der Waals surface area contributed by atoms with Crippen LogP contribution in [0.3, 0.4) is 0 Å². The van der Waals surface area contributed by atoms with Crippen LogP contribution < -0.4 is 10.1 Å². The van der Waals surface area contributed by atoms with Gasteiger partial charge in [-0.2, -0.15) is 0 Å². The minimum atomic E-state index is -0.0624. The molecule has 0 saturated carbocycles. The molecule has 2 amide bonds. The minimum absolute atomic E-state index is 0.0176. The summed E-state index contributed by atoms with van der Waals surface area (Å²) in [6, 6.07) is 24.2. The highest BCUT2D eigenvalue weighted by molar-refractivity contribution is 7.99. The van der Waals surface area contributed by atoms with Crippen molar-refractivity contribution in [2.45, 2.75) is 25.8 Å². The van der Waals surface area contributed by atoms with E-state index in [1.807, 2.05) is 60.4 Å². The van der Waals surface area contributed by atoms with Gasteiger partial charge in [0.25, 0.3) is 0 Å². The average Bonchev–Trinajstić information content (AvgIpc) is 3.25. The molecule has 0 aliphatic carbocycles. The van der Waals surface area contributed by atoms with E-state index in [1.54, 1.807) is 11.8 Å². The second-order valence-electron chi connectivity index (χ2n) is 7.51. The molecule has 1 aliphatic rings. The Labute approximate surface area is 182 Å². The van der Waals surface area contributed by atoms with Crippen LogP contribution in [-0.2, 0) is 6.61 Å². The van der Waals surface area contributed by atoms with Crippen LogP contribution in [0.5, 0.6) is 5.75 Å². The topological polar surface area (TPSA) is 41.6 Å². The zero-order valence-electron chi connectivity index (χ0n) is 17.3. The molecular weight excluding hydrogens is 392 g/mol. The lowest BCUT2D eigenvalue weighted by Crippen LogP contribution is -2.34. The maximum atomic E-state index is 13.0. The predicted octanol–water partition coefficient (Wildman–Crippen LogP) is 6.16. The summed E-state index contributed by atoms with van der Waals surface area (Å²) >= 11 is 1.78. The maximum absolute atomic E-state index is 13.0. The average molecular weight is 419 g/mol. The Balaban J connectivity index is 1.45. The molecule has 154 valence electrons. The SMILES string of the molecule is Cc1ccc(NC(=O)N2CCSC2c2cccc(OCc3ccccc3)c2)c(C)c1. The normalized spacial score (nSPS) is 15.8. The molecule has 1 fully saturated rings. The lowest BCUT2D eigenvalue weighted by Gasteiger charge is -2.25. The second-order valence-corrected chi connectivity index (χ2v) is 8.70. The van der Waals surface area contributed by atoms with E-state index in [9.17, 15) is 4.79 Å². The van der Waals surface area contributed by atoms with Gasteiger partial charge in [-0.15, -0.1) is 11.8 Å². The zero-order valence-corrected chi connectivity index (χ0v) is 18.1. The lowest BCUT2D eigenvalue weighted by molar-refractivity contribution is 0.214. The molecule has 4 nitrogen and oxygen atoms in total. The number of hydrogen-bond acceptors (Lipinski definition) is 3. The van der Waals surface area contributed by atoms with Gasteiger partial charge in [0.1, 0.15) is 17.7 Å². The maximum Gasteiger partial charge on any atom is 0.323 e. The van der Waals surface area contributed by atoms with E-state index in [4.69, 9.17) is 4.74 Å². The first-order valence-electron chi connectivity index (χ1n) is 10.1. The summed E-state index contributed by atoms with van der Waals surface area (Å²) < 4.78 is 5.98. The number of ether oxygens (including phenoxy) is 1. The Morgan fingerprint density at radius 2 is 1.90 bits per heavy atom. The smallest absolute Gasteiger partial charge is 0.323 e. The van der Waals surface area contributed by atoms with Crippen molar-refractivity contribution in [1.82, 2.24) is 4.90 Å². The Kier molecular flexibility index (Phi) is 6.29. The summed E-state index contributed by atoms with van der Waals surface area (Å²) in [7, 11) is 0. The van der Waals surface area contributed by atoms with E-state index in [-0.39, 0.29) is 11.4 Å². The number of amides is 2. The monoisotopic (exact) mass is 418 g/mol. The predicted molar refractivity (Wildman–Crippen MR) is 124 cm³/mol. The molecule has 3 aromatic carbocycles. The summed E-state index contributed by atoms with van der Waals surface area (Å²) in [5, 5.41) is 3.07. The number of rotatable bonds is 5. The van der Waals surface area contributed by atoms with Gasteiger partial charge in [-0.25, -0.2) is 4.79 Å². The molecule has 5 heteroatoms. The number of benzene rings is 3. The van der Waals surface area contributed by atoms with Crippen molar-refractivity contribution in [3.8, 4) is 5.75 Å². The number of carbonyl (C=O) groups is 1. The van der Waals surface area contributed by atoms with Crippen LogP contribution >= 0.6 is 11.8 Å². The van der Waals surface area contributed by atoms with Crippen molar-refractivity contribution >= 4 is 23.5 Å². The number of urea groups is 1. The van der Waals surface area contributed by atoms with Crippen molar-refractivity contribution in [3.63, 3.8) is 0 Å². The van der Waals surface area contributed by atoms with Crippen molar-refractivity contribution < 1.29 is 9.53 Å². The number of thioether (sulfide) groups is 1. The Hall–Kier alpha value is -2.92. The van der Waals surface area contributed by atoms with Crippen molar-refractivity contribution in [3.05, 3.63) is 95.1 Å². The number of aryl methyl sites for hydroxylation is 2. The molecule has 1 N–H and O–H groups in total. The first-order valence-corrected chi connectivity index (χ1v) is 11.2. The van der Waals surface area contributed by atoms with E-state index >= 15 is 0 Å². The number of nitrogens with one attached hydrogen (secondary N) is 1. The summed E-state index contributed by atoms with van der Waals surface area (Å²) in [5.74, 6) is 1.73. The second kappa shape index (κ2) is 9.26. The quantitative estimate of drug-likeness (QED) is 0.539. The van der Waals surface area contributed by atoms with E-state index in [0.29, 0.717) is 6.61 Å². The van der Waals surface area contributed by atoms with Gasteiger partial charge in [0.05, 0.1) is 0 Å². The fraction of sp³-hybridized carbons (Fsp3) is 0.240. The Morgan fingerprint density at radius 1 is 1.07 bits per heavy atom. The summed E-state index contributed by atoms with van der Waals surface area (Å²) in [4.78, 5) is 14.9. The van der Waals surface area contributed by atoms with Crippen LogP contribution in [0.25, 0.3) is 0 Å². The molecule has 0 radical (unpaired) electrons. The molecule has 1 unspecified atom stereocenters. The Morgan fingerprint density at radius 3 is 2.70 bits per heavy atom. The molecule has 1 heterocycles. The number of carbonyl (C=O) groups excluding carboxylic acids is 1. The van der Waals surface area contributed by atoms with Gasteiger partial charge in [-0.3, -0.25) is 0 Å². The van der Waals surface area contributed by atoms with Crippen molar-refractivity contribution in [2.24, 2.45) is 0 Å². The van der Waals surface area contributed by atoms with E-state index in [2.05, 4.69) is 36.5 Å². The van der Waals surface area contributed by atoms with E-state index < -0.39 is 0 Å². The summed E-state index contributed by atoms with van der Waals surface area (Å²) in [5.41, 5.74) is 5.34. The van der Waals surface area contributed by atoms with Crippen LogP contribution in [0, 0.1) is 13.8 Å². The molecule has 0 bridgehead atoms. The number of hydrogen-bond donors (Lipinski definition) is 1. The van der Waals surface area contributed by atoms with Crippen LogP contribution in [0.2, 0.25) is 0 Å². The van der Waals surface area contributed by atoms with Gasteiger partial charge in [0, 0.05) is 18.0 Å². The third-order valence-corrected chi connectivity index (χ3v) is 6.43. The molecule has 0 aromatic heterocycles. The first-order chi connectivity index (χ1) is 14.6. The van der Waals surface area contributed by atoms with Gasteiger partial charge in [0.2, 0.25) is 0 Å². The van der Waals surface area contributed by atoms with Gasteiger partial charge in [-0.05, 0) is 48.7 Å². The molecule has 4 rings (SSSR count). The minimum Gasteiger partial charge on any atom is -0.489 e. The first kappa shape index (κ1) is 20.4. The van der Waals surface area contributed by atoms with Gasteiger partial charge in [0.15, 0.2) is 0 Å². The molecule has 1 aliphatic heterocycles. The third-order valence-electron chi connectivity index (χ3n) is 5.17. The number of anilines is 1. The highest BCUT2D eigenvalue weighted by Crippen LogP contribution is 2.39. The van der Waals surface area contributed by atoms with Crippen LogP contribution in [-0.4, -0.2) is 23.2 Å². The van der Waals surface area contributed by atoms with Gasteiger partial charge in [-0.1, -0.05) is 60.2 Å². The molecular formula is C25H26N2O2S. The van der Waals surface area contributed by atoms with Crippen molar-refractivity contribution in [1.29, 1.82) is 0 Å². The van der Waals surface area contributed by atoms with Crippen LogP contribution in [0.4, 0.5) is 10.5 Å². The molecule has 3 aromatic rings. The van der Waals surface area contributed by atoms with Gasteiger partial charge < -0.3 is 15.0 Å². The highest BCUT2D eigenvalue weighted by atomic mass is 32.2. The fourth-order valence-corrected chi connectivity index (χ4v) is 4.84. The third kappa shape index (κ3) is 4.79. The van der Waals surface area contributed by atoms with E-state index in [1.165, 1.54) is 5.56 Å². The van der Waals surface area contributed by atoms with Crippen LogP contribution in [0.15, 0.2) is 72.8 Å². The highest BCUT2D eigenvalue weighted by Gasteiger charge is 2.31. The summed E-state index contributed by atoms with van der Waals surface area (Å²) in [6.07, 6.45) is 0. The number of nitrogens with zero attached hydrogens (tertiary/aromatic N) is 1. The largest absolute Gasteiger partial charge is 0.489 e. The zero-order chi connectivity index (χ0) is 20.9. The standard InChI is InChI=1S/C25H26N2O2S/c1-18-11-12-23(19(2)15-18)26-25(28)27-13-14-30-24(27)21-9-6-10-22(16-21)29-17-20-7-4-3-5-8-20/h3-12,15-16,24H,13-14,17H2,1-2H3,(H,26,28). The molecule has 0 spiro atoms.